The molecule has 1 heterocycles. The van der Waals surface area contributed by atoms with Crippen LogP contribution >= 0.6 is 0 Å². The van der Waals surface area contributed by atoms with Gasteiger partial charge in [0.25, 0.3) is 0 Å². The second kappa shape index (κ2) is 5.48. The van der Waals surface area contributed by atoms with E-state index >= 15 is 0 Å². The van der Waals surface area contributed by atoms with Crippen molar-refractivity contribution in [1.29, 1.82) is 0 Å². The number of nitrogens with zero attached hydrogens (tertiary/aromatic N) is 1. The van der Waals surface area contributed by atoms with E-state index < -0.39 is 0 Å². The van der Waals surface area contributed by atoms with E-state index in [0.29, 0.717) is 5.41 Å². The lowest BCUT2D eigenvalue weighted by molar-refractivity contribution is -0.00157. The van der Waals surface area contributed by atoms with Crippen LogP contribution in [0.2, 0.25) is 0 Å². The fourth-order valence-electron chi connectivity index (χ4n) is 3.24. The third kappa shape index (κ3) is 3.46. The molecule has 18 heavy (non-hydrogen) atoms. The van der Waals surface area contributed by atoms with E-state index in [4.69, 9.17) is 10.5 Å². The first kappa shape index (κ1) is 12.9. The van der Waals surface area contributed by atoms with Crippen molar-refractivity contribution < 1.29 is 4.74 Å². The molecule has 0 unspecified atom stereocenters. The molecule has 0 aromatic rings. The van der Waals surface area contributed by atoms with Crippen LogP contribution in [-0.4, -0.2) is 44.3 Å². The highest BCUT2D eigenvalue weighted by molar-refractivity contribution is 4.90. The van der Waals surface area contributed by atoms with E-state index in [0.717, 1.165) is 44.4 Å². The van der Waals surface area contributed by atoms with Gasteiger partial charge in [-0.3, -0.25) is 0 Å². The van der Waals surface area contributed by atoms with Crippen molar-refractivity contribution in [3.05, 3.63) is 0 Å². The van der Waals surface area contributed by atoms with Crippen LogP contribution in [0.1, 0.15) is 38.5 Å². The van der Waals surface area contributed by atoms with Gasteiger partial charge in [0, 0.05) is 32.8 Å². The molecule has 0 atom stereocenters. The van der Waals surface area contributed by atoms with Crippen LogP contribution in [0, 0.1) is 17.3 Å². The Morgan fingerprint density at radius 2 is 1.56 bits per heavy atom. The van der Waals surface area contributed by atoms with E-state index in [1.807, 2.05) is 0 Å². The monoisotopic (exact) mass is 252 g/mol. The lowest BCUT2D eigenvalue weighted by Gasteiger charge is -2.40. The van der Waals surface area contributed by atoms with Crippen molar-refractivity contribution in [2.24, 2.45) is 23.0 Å². The average Bonchev–Trinajstić information content (AvgIpc) is 3.27. The number of nitrogens with two attached hydrogens (primary N) is 1. The molecule has 0 radical (unpaired) electrons. The minimum Gasteiger partial charge on any atom is -0.381 e. The van der Waals surface area contributed by atoms with Gasteiger partial charge in [-0.1, -0.05) is 0 Å². The molecule has 0 aromatic carbocycles. The summed E-state index contributed by atoms with van der Waals surface area (Å²) in [7, 11) is 0. The first-order valence-electron chi connectivity index (χ1n) is 7.80. The second-order valence-corrected chi connectivity index (χ2v) is 6.90. The lowest BCUT2D eigenvalue weighted by Crippen LogP contribution is -2.47. The maximum atomic E-state index is 6.10. The molecule has 1 aliphatic heterocycles. The van der Waals surface area contributed by atoms with Crippen LogP contribution in [0.5, 0.6) is 0 Å². The zero-order chi connectivity index (χ0) is 12.4. The van der Waals surface area contributed by atoms with E-state index in [1.54, 1.807) is 0 Å². The summed E-state index contributed by atoms with van der Waals surface area (Å²) in [6.07, 6.45) is 8.16. The fraction of sp³-hybridized carbons (Fsp3) is 1.00. The van der Waals surface area contributed by atoms with E-state index in [2.05, 4.69) is 4.90 Å². The van der Waals surface area contributed by atoms with Crippen molar-refractivity contribution in [2.45, 2.75) is 38.5 Å². The van der Waals surface area contributed by atoms with Crippen LogP contribution < -0.4 is 5.73 Å². The van der Waals surface area contributed by atoms with Gasteiger partial charge in [0.2, 0.25) is 0 Å². The summed E-state index contributed by atoms with van der Waals surface area (Å²) in [5.74, 6) is 2.00. The first-order chi connectivity index (χ1) is 8.80. The minimum atomic E-state index is 0.349. The molecule has 0 amide bonds. The van der Waals surface area contributed by atoms with E-state index in [9.17, 15) is 0 Å². The van der Waals surface area contributed by atoms with Crippen LogP contribution in [0.15, 0.2) is 0 Å². The number of hydrogen-bond acceptors (Lipinski definition) is 3. The van der Waals surface area contributed by atoms with Gasteiger partial charge < -0.3 is 15.4 Å². The average molecular weight is 252 g/mol. The van der Waals surface area contributed by atoms with Gasteiger partial charge in [-0.25, -0.2) is 0 Å². The molecule has 2 aliphatic carbocycles. The molecule has 2 N–H and O–H groups in total. The van der Waals surface area contributed by atoms with Crippen molar-refractivity contribution >= 4 is 0 Å². The van der Waals surface area contributed by atoms with Gasteiger partial charge in [0.1, 0.15) is 0 Å². The predicted molar refractivity (Wildman–Crippen MR) is 73.4 cm³/mol. The molecule has 3 heteroatoms. The summed E-state index contributed by atoms with van der Waals surface area (Å²) in [4.78, 5) is 2.74. The Labute approximate surface area is 111 Å². The Hall–Kier alpha value is -0.120. The van der Waals surface area contributed by atoms with Crippen LogP contribution in [-0.2, 0) is 4.74 Å². The van der Waals surface area contributed by atoms with Crippen molar-refractivity contribution in [2.75, 3.05) is 39.4 Å². The SMILES string of the molecule is NCC1(CN(CC2CC2)CC2CC2)CCOCC1. The smallest absolute Gasteiger partial charge is 0.0472 e. The fourth-order valence-corrected chi connectivity index (χ4v) is 3.24. The number of hydrogen-bond donors (Lipinski definition) is 1. The van der Waals surface area contributed by atoms with Gasteiger partial charge in [0.05, 0.1) is 0 Å². The zero-order valence-electron chi connectivity index (χ0n) is 11.6. The summed E-state index contributed by atoms with van der Waals surface area (Å²) in [5, 5.41) is 0. The Morgan fingerprint density at radius 3 is 2.00 bits per heavy atom. The van der Waals surface area contributed by atoms with Gasteiger partial charge in [-0.15, -0.1) is 0 Å². The Kier molecular flexibility index (Phi) is 3.92. The van der Waals surface area contributed by atoms with Crippen LogP contribution in [0.25, 0.3) is 0 Å². The Balaban J connectivity index is 1.57. The normalized spacial score (nSPS) is 27.7. The topological polar surface area (TPSA) is 38.5 Å². The van der Waals surface area contributed by atoms with E-state index in [-0.39, 0.29) is 0 Å². The lowest BCUT2D eigenvalue weighted by atomic mass is 9.79. The highest BCUT2D eigenvalue weighted by Crippen LogP contribution is 2.37. The first-order valence-corrected chi connectivity index (χ1v) is 7.80. The Bertz CT molecular complexity index is 254. The molecular weight excluding hydrogens is 224 g/mol. The predicted octanol–water partition coefficient (Wildman–Crippen LogP) is 1.86. The maximum absolute atomic E-state index is 6.10. The van der Waals surface area contributed by atoms with Gasteiger partial charge in [0.15, 0.2) is 0 Å². The van der Waals surface area contributed by atoms with Crippen molar-refractivity contribution in [3.8, 4) is 0 Å². The third-order valence-electron chi connectivity index (χ3n) is 4.97. The molecule has 3 fully saturated rings. The van der Waals surface area contributed by atoms with Gasteiger partial charge in [-0.2, -0.15) is 0 Å². The van der Waals surface area contributed by atoms with Gasteiger partial charge >= 0.3 is 0 Å². The molecule has 3 rings (SSSR count). The van der Waals surface area contributed by atoms with Gasteiger partial charge in [-0.05, 0) is 62.3 Å². The summed E-state index contributed by atoms with van der Waals surface area (Å²) < 4.78 is 5.52. The standard InChI is InChI=1S/C15H28N2O/c16-11-15(5-7-18-8-6-15)12-17(9-13-1-2-13)10-14-3-4-14/h13-14H,1-12,16H2. The molecule has 104 valence electrons. The van der Waals surface area contributed by atoms with Crippen LogP contribution in [0.4, 0.5) is 0 Å². The summed E-state index contributed by atoms with van der Waals surface area (Å²) in [6, 6.07) is 0. The van der Waals surface area contributed by atoms with Crippen molar-refractivity contribution in [1.82, 2.24) is 4.90 Å². The third-order valence-corrected chi connectivity index (χ3v) is 4.97. The second-order valence-electron chi connectivity index (χ2n) is 6.90. The summed E-state index contributed by atoms with van der Waals surface area (Å²) in [5.41, 5.74) is 6.45. The molecule has 0 bridgehead atoms. The number of rotatable bonds is 7. The van der Waals surface area contributed by atoms with Crippen molar-refractivity contribution in [3.63, 3.8) is 0 Å². The molecule has 0 aromatic heterocycles. The summed E-state index contributed by atoms with van der Waals surface area (Å²) in [6.45, 7) is 6.55. The molecule has 2 saturated carbocycles. The highest BCUT2D eigenvalue weighted by Gasteiger charge is 2.36. The summed E-state index contributed by atoms with van der Waals surface area (Å²) >= 11 is 0. The quantitative estimate of drug-likeness (QED) is 0.751. The minimum absolute atomic E-state index is 0.349. The maximum Gasteiger partial charge on any atom is 0.0472 e. The number of ether oxygens (including phenoxy) is 1. The zero-order valence-corrected chi connectivity index (χ0v) is 11.6. The molecular formula is C15H28N2O. The molecule has 1 saturated heterocycles. The largest absolute Gasteiger partial charge is 0.381 e. The van der Waals surface area contributed by atoms with E-state index in [1.165, 1.54) is 45.3 Å². The molecule has 3 nitrogen and oxygen atoms in total. The molecule has 0 spiro atoms. The Morgan fingerprint density at radius 1 is 1.00 bits per heavy atom. The van der Waals surface area contributed by atoms with Crippen LogP contribution in [0.3, 0.4) is 0 Å². The highest BCUT2D eigenvalue weighted by atomic mass is 16.5. The molecule has 3 aliphatic rings.